The van der Waals surface area contributed by atoms with Crippen LogP contribution in [0.15, 0.2) is 34.7 Å². The zero-order valence-corrected chi connectivity index (χ0v) is 16.9. The molecule has 1 aliphatic heterocycles. The number of benzene rings is 1. The lowest BCUT2D eigenvalue weighted by atomic mass is 9.79. The van der Waals surface area contributed by atoms with Gasteiger partial charge in [-0.05, 0) is 62.4 Å². The molecule has 0 spiro atoms. The summed E-state index contributed by atoms with van der Waals surface area (Å²) in [5.41, 5.74) is 5.13. The molecule has 144 valence electrons. The second-order valence-corrected chi connectivity index (χ2v) is 7.30. The fraction of sp³-hybridized carbons (Fsp3) is 0.375. The molecule has 1 aromatic rings. The van der Waals surface area contributed by atoms with Crippen molar-refractivity contribution in [3.05, 3.63) is 51.9 Å². The van der Waals surface area contributed by atoms with Crippen LogP contribution in [0, 0.1) is 31.6 Å². The van der Waals surface area contributed by atoms with Crippen LogP contribution < -0.4 is 0 Å². The number of rotatable bonds is 3. The van der Waals surface area contributed by atoms with E-state index >= 15 is 0 Å². The molecule has 0 bridgehead atoms. The zero-order valence-electron chi connectivity index (χ0n) is 16.9. The smallest absolute Gasteiger partial charge is 0.307 e. The molecule has 28 heavy (non-hydrogen) atoms. The first-order valence-electron chi connectivity index (χ1n) is 9.62. The Labute approximate surface area is 166 Å². The molecule has 0 saturated heterocycles. The Bertz CT molecular complexity index is 960. The fourth-order valence-electron chi connectivity index (χ4n) is 4.01. The highest BCUT2D eigenvalue weighted by Crippen LogP contribution is 2.40. The van der Waals surface area contributed by atoms with Gasteiger partial charge in [-0.1, -0.05) is 12.0 Å². The van der Waals surface area contributed by atoms with Crippen molar-refractivity contribution >= 4 is 23.5 Å². The van der Waals surface area contributed by atoms with Crippen molar-refractivity contribution in [3.8, 4) is 11.8 Å². The van der Waals surface area contributed by atoms with Gasteiger partial charge in [0.1, 0.15) is 5.76 Å². The van der Waals surface area contributed by atoms with Gasteiger partial charge in [0.05, 0.1) is 5.57 Å². The van der Waals surface area contributed by atoms with Gasteiger partial charge in [-0.2, -0.15) is 0 Å². The Morgan fingerprint density at radius 3 is 2.46 bits per heavy atom. The molecule has 0 aromatic heterocycles. The highest BCUT2D eigenvalue weighted by molar-refractivity contribution is 6.23. The highest BCUT2D eigenvalue weighted by atomic mass is 16.5. The number of carbonyl (C=O) groups is 2. The first-order chi connectivity index (χ1) is 13.4. The van der Waals surface area contributed by atoms with E-state index in [0.717, 1.165) is 40.8 Å². The fourth-order valence-corrected chi connectivity index (χ4v) is 4.01. The summed E-state index contributed by atoms with van der Waals surface area (Å²) >= 11 is 0. The third-order valence-corrected chi connectivity index (χ3v) is 5.05. The summed E-state index contributed by atoms with van der Waals surface area (Å²) < 4.78 is 5.55. The molecule has 1 heterocycles. The largest absolute Gasteiger partial charge is 0.430 e. The topological polar surface area (TPSA) is 55.7 Å². The van der Waals surface area contributed by atoms with Crippen molar-refractivity contribution in [2.24, 2.45) is 10.9 Å². The zero-order chi connectivity index (χ0) is 20.3. The molecule has 1 atom stereocenters. The minimum atomic E-state index is -0.411. The van der Waals surface area contributed by atoms with Crippen molar-refractivity contribution in [1.29, 1.82) is 0 Å². The van der Waals surface area contributed by atoms with Crippen molar-refractivity contribution in [1.82, 2.24) is 0 Å². The number of aryl methyl sites for hydroxylation is 2. The predicted octanol–water partition coefficient (Wildman–Crippen LogP) is 4.68. The Morgan fingerprint density at radius 1 is 1.18 bits per heavy atom. The van der Waals surface area contributed by atoms with Crippen molar-refractivity contribution in [3.63, 3.8) is 0 Å². The van der Waals surface area contributed by atoms with Crippen molar-refractivity contribution in [2.45, 2.75) is 53.4 Å². The number of aliphatic imine (C=N–C) groups is 1. The maximum atomic E-state index is 13.2. The van der Waals surface area contributed by atoms with Crippen LogP contribution in [0.5, 0.6) is 0 Å². The van der Waals surface area contributed by atoms with E-state index in [1.165, 1.54) is 6.92 Å². The van der Waals surface area contributed by atoms with E-state index in [9.17, 15) is 9.59 Å². The van der Waals surface area contributed by atoms with Gasteiger partial charge < -0.3 is 4.74 Å². The number of hydrogen-bond acceptors (Lipinski definition) is 4. The van der Waals surface area contributed by atoms with Crippen molar-refractivity contribution < 1.29 is 14.3 Å². The van der Waals surface area contributed by atoms with Gasteiger partial charge >= 0.3 is 5.97 Å². The van der Waals surface area contributed by atoms with E-state index in [0.29, 0.717) is 24.2 Å². The Kier molecular flexibility index (Phi) is 5.94. The number of ketones is 1. The first kappa shape index (κ1) is 19.8. The SMILES string of the molecule is CC#Cc1cc(C)c(C2=C(OC(C)=O)CC(C3=CCCC=N3)CC2=O)c(C)c1. The molecule has 1 aromatic carbocycles. The number of hydrogen-bond donors (Lipinski definition) is 0. The van der Waals surface area contributed by atoms with E-state index in [2.05, 4.69) is 22.9 Å². The Balaban J connectivity index is 2.10. The third-order valence-electron chi connectivity index (χ3n) is 5.05. The van der Waals surface area contributed by atoms with Crippen LogP contribution in [0.25, 0.3) is 5.57 Å². The van der Waals surface area contributed by atoms with Gasteiger partial charge in [0, 0.05) is 43.2 Å². The predicted molar refractivity (Wildman–Crippen MR) is 111 cm³/mol. The number of esters is 1. The number of ether oxygens (including phenoxy) is 1. The first-order valence-corrected chi connectivity index (χ1v) is 9.62. The minimum absolute atomic E-state index is 0.00491. The van der Waals surface area contributed by atoms with E-state index in [-0.39, 0.29) is 11.7 Å². The Morgan fingerprint density at radius 2 is 1.89 bits per heavy atom. The second-order valence-electron chi connectivity index (χ2n) is 7.30. The van der Waals surface area contributed by atoms with E-state index in [1.54, 1.807) is 6.92 Å². The molecule has 4 heteroatoms. The average Bonchev–Trinajstić information content (AvgIpc) is 2.63. The summed E-state index contributed by atoms with van der Waals surface area (Å²) in [7, 11) is 0. The number of nitrogens with zero attached hydrogens (tertiary/aromatic N) is 1. The lowest BCUT2D eigenvalue weighted by molar-refractivity contribution is -0.137. The molecular formula is C24H25NO3. The number of Topliss-reactive ketones (excluding diaryl/α,β-unsaturated/α-hetero) is 1. The minimum Gasteiger partial charge on any atom is -0.430 e. The molecule has 2 aliphatic rings. The highest BCUT2D eigenvalue weighted by Gasteiger charge is 2.34. The van der Waals surface area contributed by atoms with Crippen LogP contribution in [-0.4, -0.2) is 18.0 Å². The van der Waals surface area contributed by atoms with Gasteiger partial charge in [0.25, 0.3) is 0 Å². The van der Waals surface area contributed by atoms with Crippen molar-refractivity contribution in [2.75, 3.05) is 0 Å². The maximum Gasteiger partial charge on any atom is 0.307 e. The lowest BCUT2D eigenvalue weighted by Crippen LogP contribution is -2.23. The van der Waals surface area contributed by atoms with Crippen LogP contribution in [0.2, 0.25) is 0 Å². The standard InChI is InChI=1S/C24H25NO3/c1-5-8-18-11-15(2)23(16(3)12-18)24-21(27)13-19(14-22(24)28-17(4)26)20-9-6-7-10-25-20/h9-12,19H,6-7,13-14H2,1-4H3. The normalized spacial score (nSPS) is 19.1. The summed E-state index contributed by atoms with van der Waals surface area (Å²) in [6.07, 6.45) is 6.71. The van der Waals surface area contributed by atoms with Gasteiger partial charge in [-0.15, -0.1) is 5.92 Å². The monoisotopic (exact) mass is 375 g/mol. The number of carbonyl (C=O) groups excluding carboxylic acids is 2. The summed E-state index contributed by atoms with van der Waals surface area (Å²) in [5.74, 6) is 5.96. The van der Waals surface area contributed by atoms with Gasteiger partial charge in [-0.25, -0.2) is 0 Å². The molecule has 0 saturated carbocycles. The molecule has 0 amide bonds. The van der Waals surface area contributed by atoms with E-state index in [4.69, 9.17) is 4.74 Å². The molecule has 0 radical (unpaired) electrons. The summed E-state index contributed by atoms with van der Waals surface area (Å²) in [5, 5.41) is 0. The maximum absolute atomic E-state index is 13.2. The molecule has 1 aliphatic carbocycles. The van der Waals surface area contributed by atoms with E-state index < -0.39 is 5.97 Å². The number of allylic oxidation sites excluding steroid dienone is 4. The van der Waals surface area contributed by atoms with Crippen LogP contribution >= 0.6 is 0 Å². The molecule has 1 unspecified atom stereocenters. The third kappa shape index (κ3) is 4.14. The van der Waals surface area contributed by atoms with Gasteiger partial charge in [-0.3, -0.25) is 14.6 Å². The average molecular weight is 375 g/mol. The van der Waals surface area contributed by atoms with Crippen LogP contribution in [0.3, 0.4) is 0 Å². The van der Waals surface area contributed by atoms with Gasteiger partial charge in [0.2, 0.25) is 0 Å². The summed E-state index contributed by atoms with van der Waals surface area (Å²) in [4.78, 5) is 29.4. The molecule has 4 nitrogen and oxygen atoms in total. The molecule has 0 N–H and O–H groups in total. The molecular weight excluding hydrogens is 350 g/mol. The molecule has 0 fully saturated rings. The quantitative estimate of drug-likeness (QED) is 0.569. The van der Waals surface area contributed by atoms with E-state index in [1.807, 2.05) is 32.2 Å². The molecule has 3 rings (SSSR count). The summed E-state index contributed by atoms with van der Waals surface area (Å²) in [6.45, 7) is 7.10. The lowest BCUT2D eigenvalue weighted by Gasteiger charge is -2.28. The Hall–Kier alpha value is -2.93. The van der Waals surface area contributed by atoms with Gasteiger partial charge in [0.15, 0.2) is 5.78 Å². The van der Waals surface area contributed by atoms with Crippen LogP contribution in [-0.2, 0) is 14.3 Å². The second kappa shape index (κ2) is 8.39. The van der Waals surface area contributed by atoms with Crippen LogP contribution in [0.1, 0.15) is 61.8 Å². The summed E-state index contributed by atoms with van der Waals surface area (Å²) in [6, 6.07) is 3.95. The van der Waals surface area contributed by atoms with Crippen LogP contribution in [0.4, 0.5) is 0 Å².